The van der Waals surface area contributed by atoms with Crippen molar-refractivity contribution in [3.8, 4) is 11.3 Å². The van der Waals surface area contributed by atoms with Gasteiger partial charge in [-0.2, -0.15) is 5.10 Å². The highest BCUT2D eigenvalue weighted by atomic mass is 35.5. The van der Waals surface area contributed by atoms with E-state index in [1.807, 2.05) is 31.2 Å². The fourth-order valence-electron chi connectivity index (χ4n) is 3.24. The molecule has 0 radical (unpaired) electrons. The summed E-state index contributed by atoms with van der Waals surface area (Å²) in [5.74, 6) is 0. The van der Waals surface area contributed by atoms with E-state index in [-0.39, 0.29) is 5.56 Å². The SMILES string of the molecule is Cc1ccc(-c2nn(Cc3cccc(Cl)c3)c(=O)c3nc(C)sc23)c(C)c1. The largest absolute Gasteiger partial charge is 0.294 e. The molecule has 2 aromatic heterocycles. The van der Waals surface area contributed by atoms with Gasteiger partial charge in [0.25, 0.3) is 5.56 Å². The molecule has 2 heterocycles. The first-order valence-electron chi connectivity index (χ1n) is 8.62. The number of hydrogen-bond donors (Lipinski definition) is 0. The van der Waals surface area contributed by atoms with Crippen molar-refractivity contribution in [2.24, 2.45) is 0 Å². The molecule has 0 saturated heterocycles. The molecule has 0 unspecified atom stereocenters. The van der Waals surface area contributed by atoms with Crippen molar-refractivity contribution in [1.29, 1.82) is 0 Å². The quantitative estimate of drug-likeness (QED) is 0.482. The van der Waals surface area contributed by atoms with Crippen molar-refractivity contribution in [3.63, 3.8) is 0 Å². The summed E-state index contributed by atoms with van der Waals surface area (Å²) in [5, 5.41) is 6.23. The predicted octanol–water partition coefficient (Wildman–Crippen LogP) is 5.15. The number of rotatable bonds is 3. The van der Waals surface area contributed by atoms with Crippen LogP contribution in [0.15, 0.2) is 47.3 Å². The van der Waals surface area contributed by atoms with E-state index in [0.717, 1.165) is 32.1 Å². The van der Waals surface area contributed by atoms with Crippen LogP contribution in [-0.2, 0) is 6.54 Å². The topological polar surface area (TPSA) is 47.8 Å². The Balaban J connectivity index is 1.95. The van der Waals surface area contributed by atoms with Gasteiger partial charge in [-0.15, -0.1) is 11.3 Å². The summed E-state index contributed by atoms with van der Waals surface area (Å²) < 4.78 is 2.33. The molecule has 0 aliphatic rings. The normalized spacial score (nSPS) is 11.3. The van der Waals surface area contributed by atoms with Gasteiger partial charge in [0.1, 0.15) is 5.69 Å². The van der Waals surface area contributed by atoms with Gasteiger partial charge in [-0.3, -0.25) is 4.79 Å². The molecule has 0 bridgehead atoms. The molecule has 0 atom stereocenters. The Labute approximate surface area is 166 Å². The standard InChI is InChI=1S/C21H18ClN3OS/c1-12-7-8-17(13(2)9-12)18-20-19(23-14(3)27-20)21(26)25(24-18)11-15-5-4-6-16(22)10-15/h4-10H,11H2,1-3H3. The first kappa shape index (κ1) is 17.9. The van der Waals surface area contributed by atoms with E-state index >= 15 is 0 Å². The molecule has 6 heteroatoms. The summed E-state index contributed by atoms with van der Waals surface area (Å²) in [4.78, 5) is 17.5. The lowest BCUT2D eigenvalue weighted by molar-refractivity contribution is 0.650. The van der Waals surface area contributed by atoms with E-state index in [1.54, 1.807) is 0 Å². The Hall–Kier alpha value is -2.50. The summed E-state index contributed by atoms with van der Waals surface area (Å²) in [5.41, 5.74) is 5.37. The third-order valence-corrected chi connectivity index (χ3v) is 5.68. The maximum atomic E-state index is 13.0. The van der Waals surface area contributed by atoms with Crippen molar-refractivity contribution in [1.82, 2.24) is 14.8 Å². The monoisotopic (exact) mass is 395 g/mol. The van der Waals surface area contributed by atoms with Crippen molar-refractivity contribution >= 4 is 33.2 Å². The van der Waals surface area contributed by atoms with Crippen LogP contribution in [0.3, 0.4) is 0 Å². The number of hydrogen-bond acceptors (Lipinski definition) is 4. The minimum Gasteiger partial charge on any atom is -0.265 e. The lowest BCUT2D eigenvalue weighted by Crippen LogP contribution is -2.24. The maximum Gasteiger partial charge on any atom is 0.294 e. The number of aryl methyl sites for hydroxylation is 3. The predicted molar refractivity (Wildman–Crippen MR) is 112 cm³/mol. The van der Waals surface area contributed by atoms with Gasteiger partial charge < -0.3 is 0 Å². The molecule has 0 saturated carbocycles. The van der Waals surface area contributed by atoms with Crippen LogP contribution in [0.5, 0.6) is 0 Å². The minimum atomic E-state index is -0.178. The van der Waals surface area contributed by atoms with E-state index in [1.165, 1.54) is 21.6 Å². The van der Waals surface area contributed by atoms with Crippen molar-refractivity contribution in [2.45, 2.75) is 27.3 Å². The lowest BCUT2D eigenvalue weighted by Gasteiger charge is -2.11. The van der Waals surface area contributed by atoms with Crippen molar-refractivity contribution in [3.05, 3.63) is 79.5 Å². The van der Waals surface area contributed by atoms with Gasteiger partial charge in [-0.1, -0.05) is 47.5 Å². The van der Waals surface area contributed by atoms with Crippen LogP contribution >= 0.6 is 22.9 Å². The molecule has 4 aromatic rings. The zero-order valence-electron chi connectivity index (χ0n) is 15.3. The van der Waals surface area contributed by atoms with Crippen LogP contribution in [0, 0.1) is 20.8 Å². The first-order valence-corrected chi connectivity index (χ1v) is 9.82. The van der Waals surface area contributed by atoms with Gasteiger partial charge in [0.05, 0.1) is 16.3 Å². The van der Waals surface area contributed by atoms with Crippen molar-refractivity contribution in [2.75, 3.05) is 0 Å². The molecule has 0 fully saturated rings. The van der Waals surface area contributed by atoms with Gasteiger partial charge in [-0.25, -0.2) is 9.67 Å². The Morgan fingerprint density at radius 1 is 1.11 bits per heavy atom. The molecular formula is C21H18ClN3OS. The third-order valence-electron chi connectivity index (χ3n) is 4.47. The molecule has 136 valence electrons. The van der Waals surface area contributed by atoms with Crippen LogP contribution in [0.1, 0.15) is 21.7 Å². The second kappa shape index (κ2) is 6.91. The third kappa shape index (κ3) is 3.40. The van der Waals surface area contributed by atoms with Gasteiger partial charge in [0.15, 0.2) is 5.52 Å². The zero-order valence-corrected chi connectivity index (χ0v) is 16.9. The Morgan fingerprint density at radius 3 is 2.67 bits per heavy atom. The summed E-state index contributed by atoms with van der Waals surface area (Å²) in [6.45, 7) is 6.40. The van der Waals surface area contributed by atoms with Crippen LogP contribution in [0.25, 0.3) is 21.5 Å². The number of nitrogens with zero attached hydrogens (tertiary/aromatic N) is 3. The van der Waals surface area contributed by atoms with E-state index in [2.05, 4.69) is 37.0 Å². The second-order valence-corrected chi connectivity index (χ2v) is 8.31. The minimum absolute atomic E-state index is 0.178. The highest BCUT2D eigenvalue weighted by Gasteiger charge is 2.18. The van der Waals surface area contributed by atoms with E-state index in [4.69, 9.17) is 16.7 Å². The Bertz CT molecular complexity index is 1230. The molecule has 2 aromatic carbocycles. The Morgan fingerprint density at radius 2 is 1.93 bits per heavy atom. The van der Waals surface area contributed by atoms with E-state index in [0.29, 0.717) is 17.1 Å². The van der Waals surface area contributed by atoms with E-state index < -0.39 is 0 Å². The Kier molecular flexibility index (Phi) is 4.58. The van der Waals surface area contributed by atoms with Gasteiger partial charge in [0.2, 0.25) is 0 Å². The van der Waals surface area contributed by atoms with Crippen LogP contribution in [0.4, 0.5) is 0 Å². The van der Waals surface area contributed by atoms with Crippen LogP contribution in [0.2, 0.25) is 5.02 Å². The summed E-state index contributed by atoms with van der Waals surface area (Å²) in [6, 6.07) is 13.7. The summed E-state index contributed by atoms with van der Waals surface area (Å²) >= 11 is 7.60. The second-order valence-electron chi connectivity index (χ2n) is 6.67. The molecular weight excluding hydrogens is 378 g/mol. The van der Waals surface area contributed by atoms with Crippen LogP contribution in [-0.4, -0.2) is 14.8 Å². The van der Waals surface area contributed by atoms with E-state index in [9.17, 15) is 4.79 Å². The summed E-state index contributed by atoms with van der Waals surface area (Å²) in [7, 11) is 0. The van der Waals surface area contributed by atoms with Gasteiger partial charge >= 0.3 is 0 Å². The fourth-order valence-corrected chi connectivity index (χ4v) is 4.36. The molecule has 0 aliphatic heterocycles. The lowest BCUT2D eigenvalue weighted by atomic mass is 10.0. The van der Waals surface area contributed by atoms with Crippen molar-refractivity contribution < 1.29 is 0 Å². The molecule has 0 spiro atoms. The number of benzene rings is 2. The number of aromatic nitrogens is 3. The number of halogens is 1. The molecule has 0 aliphatic carbocycles. The fraction of sp³-hybridized carbons (Fsp3) is 0.190. The zero-order chi connectivity index (χ0) is 19.1. The summed E-state index contributed by atoms with van der Waals surface area (Å²) in [6.07, 6.45) is 0. The number of thiazole rings is 1. The van der Waals surface area contributed by atoms with Crippen LogP contribution < -0.4 is 5.56 Å². The molecule has 4 nitrogen and oxygen atoms in total. The molecule has 27 heavy (non-hydrogen) atoms. The first-order chi connectivity index (χ1) is 12.9. The maximum absolute atomic E-state index is 13.0. The molecule has 0 N–H and O–H groups in total. The number of fused-ring (bicyclic) bond motifs is 1. The smallest absolute Gasteiger partial charge is 0.265 e. The average Bonchev–Trinajstić information content (AvgIpc) is 3.00. The average molecular weight is 396 g/mol. The molecule has 4 rings (SSSR count). The van der Waals surface area contributed by atoms with Gasteiger partial charge in [0, 0.05) is 10.6 Å². The van der Waals surface area contributed by atoms with Gasteiger partial charge in [-0.05, 0) is 44.0 Å². The molecule has 0 amide bonds. The highest BCUT2D eigenvalue weighted by Crippen LogP contribution is 2.31. The highest BCUT2D eigenvalue weighted by molar-refractivity contribution is 7.19.